The summed E-state index contributed by atoms with van der Waals surface area (Å²) < 4.78 is 1.72. The molecular weight excluding hydrogens is 218 g/mol. The number of nitrogens with zero attached hydrogens (tertiary/aromatic N) is 5. The molecule has 0 aliphatic carbocycles. The molecule has 0 amide bonds. The normalized spacial score (nSPS) is 24.8. The maximum atomic E-state index is 10.0. The summed E-state index contributed by atoms with van der Waals surface area (Å²) in [5.41, 5.74) is 0.288. The Morgan fingerprint density at radius 2 is 2.29 bits per heavy atom. The Morgan fingerprint density at radius 1 is 1.47 bits per heavy atom. The predicted molar refractivity (Wildman–Crippen MR) is 63.0 cm³/mol. The first-order chi connectivity index (χ1) is 8.05. The lowest BCUT2D eigenvalue weighted by molar-refractivity contribution is 0.0839. The molecular formula is C11H15N5O. The van der Waals surface area contributed by atoms with Crippen molar-refractivity contribution in [3.8, 4) is 0 Å². The van der Waals surface area contributed by atoms with Crippen LogP contribution in [-0.2, 0) is 0 Å². The summed E-state index contributed by atoms with van der Waals surface area (Å²) in [4.78, 5) is 10.5. The van der Waals surface area contributed by atoms with E-state index in [0.717, 1.165) is 24.5 Å². The fraction of sp³-hybridized carbons (Fsp3) is 0.545. The van der Waals surface area contributed by atoms with Crippen molar-refractivity contribution < 1.29 is 5.11 Å². The quantitative estimate of drug-likeness (QED) is 0.772. The highest BCUT2D eigenvalue weighted by atomic mass is 16.3. The molecule has 1 aliphatic heterocycles. The molecule has 6 heteroatoms. The third-order valence-electron chi connectivity index (χ3n) is 3.14. The zero-order valence-electron chi connectivity index (χ0n) is 9.96. The minimum absolute atomic E-state index is 0.603. The SMILES string of the molecule is Cc1cc(N2CCC(C)(O)C2)n2ncnc2n1. The van der Waals surface area contributed by atoms with Crippen molar-refractivity contribution in [2.24, 2.45) is 0 Å². The van der Waals surface area contributed by atoms with Gasteiger partial charge in [0.15, 0.2) is 0 Å². The van der Waals surface area contributed by atoms with E-state index in [4.69, 9.17) is 0 Å². The fourth-order valence-corrected chi connectivity index (χ4v) is 2.28. The molecule has 90 valence electrons. The van der Waals surface area contributed by atoms with Crippen LogP contribution in [0.3, 0.4) is 0 Å². The van der Waals surface area contributed by atoms with Crippen molar-refractivity contribution >= 4 is 11.6 Å². The number of aliphatic hydroxyl groups is 1. The lowest BCUT2D eigenvalue weighted by Crippen LogP contribution is -2.30. The van der Waals surface area contributed by atoms with E-state index in [0.29, 0.717) is 12.3 Å². The van der Waals surface area contributed by atoms with Crippen LogP contribution in [0.4, 0.5) is 5.82 Å². The molecule has 0 spiro atoms. The third-order valence-corrected chi connectivity index (χ3v) is 3.14. The van der Waals surface area contributed by atoms with Crippen molar-refractivity contribution in [3.05, 3.63) is 18.1 Å². The van der Waals surface area contributed by atoms with Gasteiger partial charge in [-0.25, -0.2) is 4.98 Å². The van der Waals surface area contributed by atoms with Crippen molar-refractivity contribution in [1.82, 2.24) is 19.6 Å². The van der Waals surface area contributed by atoms with Crippen LogP contribution in [0.15, 0.2) is 12.4 Å². The highest BCUT2D eigenvalue weighted by Crippen LogP contribution is 2.26. The van der Waals surface area contributed by atoms with Crippen LogP contribution in [0.5, 0.6) is 0 Å². The van der Waals surface area contributed by atoms with E-state index in [1.54, 1.807) is 4.52 Å². The van der Waals surface area contributed by atoms with Crippen LogP contribution in [-0.4, -0.2) is 43.4 Å². The maximum absolute atomic E-state index is 10.0. The van der Waals surface area contributed by atoms with Gasteiger partial charge in [0.2, 0.25) is 0 Å². The van der Waals surface area contributed by atoms with Crippen molar-refractivity contribution in [3.63, 3.8) is 0 Å². The largest absolute Gasteiger partial charge is 0.388 e. The molecule has 3 heterocycles. The summed E-state index contributed by atoms with van der Waals surface area (Å²) >= 11 is 0. The predicted octanol–water partition coefficient (Wildman–Crippen LogP) is 0.394. The summed E-state index contributed by atoms with van der Waals surface area (Å²) in [7, 11) is 0. The van der Waals surface area contributed by atoms with E-state index in [-0.39, 0.29) is 0 Å². The molecule has 0 bridgehead atoms. The Balaban J connectivity index is 2.08. The highest BCUT2D eigenvalue weighted by molar-refractivity contribution is 5.48. The average molecular weight is 233 g/mol. The molecule has 3 rings (SSSR count). The molecule has 1 saturated heterocycles. The summed E-state index contributed by atoms with van der Waals surface area (Å²) in [6, 6.07) is 1.98. The molecule has 1 aliphatic rings. The first-order valence-corrected chi connectivity index (χ1v) is 5.70. The number of hydrogen-bond donors (Lipinski definition) is 1. The van der Waals surface area contributed by atoms with E-state index < -0.39 is 5.60 Å². The second-order valence-electron chi connectivity index (χ2n) is 4.90. The van der Waals surface area contributed by atoms with Gasteiger partial charge in [0.1, 0.15) is 12.1 Å². The van der Waals surface area contributed by atoms with Crippen LogP contribution < -0.4 is 4.90 Å². The van der Waals surface area contributed by atoms with Gasteiger partial charge in [-0.05, 0) is 20.3 Å². The number of hydrogen-bond acceptors (Lipinski definition) is 5. The van der Waals surface area contributed by atoms with E-state index in [2.05, 4.69) is 20.0 Å². The molecule has 2 aromatic rings. The molecule has 1 atom stereocenters. The van der Waals surface area contributed by atoms with Gasteiger partial charge in [-0.1, -0.05) is 0 Å². The van der Waals surface area contributed by atoms with Crippen molar-refractivity contribution in [1.29, 1.82) is 0 Å². The zero-order chi connectivity index (χ0) is 12.0. The topological polar surface area (TPSA) is 66.5 Å². The minimum atomic E-state index is -0.621. The second kappa shape index (κ2) is 3.40. The van der Waals surface area contributed by atoms with Crippen LogP contribution in [0.25, 0.3) is 5.78 Å². The number of β-amino-alcohol motifs (C(OH)–C–C–N with tert-alkyl or cyclic N) is 1. The summed E-state index contributed by atoms with van der Waals surface area (Å²) in [6.07, 6.45) is 2.27. The van der Waals surface area contributed by atoms with Gasteiger partial charge >= 0.3 is 0 Å². The first kappa shape index (κ1) is 10.5. The Morgan fingerprint density at radius 3 is 3.00 bits per heavy atom. The van der Waals surface area contributed by atoms with E-state index >= 15 is 0 Å². The fourth-order valence-electron chi connectivity index (χ4n) is 2.28. The molecule has 1 N–H and O–H groups in total. The lowest BCUT2D eigenvalue weighted by Gasteiger charge is -2.21. The van der Waals surface area contributed by atoms with Crippen LogP contribution >= 0.6 is 0 Å². The second-order valence-corrected chi connectivity index (χ2v) is 4.90. The Kier molecular flexibility index (Phi) is 2.09. The van der Waals surface area contributed by atoms with E-state index in [9.17, 15) is 5.11 Å². The molecule has 0 aromatic carbocycles. The molecule has 1 fully saturated rings. The Hall–Kier alpha value is -1.69. The standard InChI is InChI=1S/C11H15N5O/c1-8-5-9(15-4-3-11(2,17)6-15)16-10(14-8)12-7-13-16/h5,7,17H,3-4,6H2,1-2H3. The monoisotopic (exact) mass is 233 g/mol. The van der Waals surface area contributed by atoms with Gasteiger partial charge in [0, 0.05) is 24.8 Å². The van der Waals surface area contributed by atoms with Crippen molar-refractivity contribution in [2.75, 3.05) is 18.0 Å². The number of rotatable bonds is 1. The van der Waals surface area contributed by atoms with Gasteiger partial charge in [0.05, 0.1) is 5.60 Å². The molecule has 1 unspecified atom stereocenters. The van der Waals surface area contributed by atoms with Gasteiger partial charge in [-0.2, -0.15) is 14.6 Å². The lowest BCUT2D eigenvalue weighted by atomic mass is 10.1. The maximum Gasteiger partial charge on any atom is 0.254 e. The first-order valence-electron chi connectivity index (χ1n) is 5.70. The average Bonchev–Trinajstić information content (AvgIpc) is 2.82. The van der Waals surface area contributed by atoms with Gasteiger partial charge in [-0.3, -0.25) is 0 Å². The number of aromatic nitrogens is 4. The van der Waals surface area contributed by atoms with Crippen LogP contribution in [0.2, 0.25) is 0 Å². The van der Waals surface area contributed by atoms with Crippen LogP contribution in [0, 0.1) is 6.92 Å². The summed E-state index contributed by atoms with van der Waals surface area (Å²) in [5.74, 6) is 1.55. The Labute approximate surface area is 98.9 Å². The molecule has 17 heavy (non-hydrogen) atoms. The van der Waals surface area contributed by atoms with E-state index in [1.165, 1.54) is 6.33 Å². The third kappa shape index (κ3) is 1.74. The Bertz CT molecular complexity index is 562. The van der Waals surface area contributed by atoms with Gasteiger partial charge in [0.25, 0.3) is 5.78 Å². The summed E-state index contributed by atoms with van der Waals surface area (Å²) in [6.45, 7) is 5.24. The van der Waals surface area contributed by atoms with Gasteiger partial charge < -0.3 is 10.0 Å². The zero-order valence-corrected chi connectivity index (χ0v) is 9.96. The molecule has 2 aromatic heterocycles. The van der Waals surface area contributed by atoms with Crippen LogP contribution in [0.1, 0.15) is 19.0 Å². The smallest absolute Gasteiger partial charge is 0.254 e. The molecule has 0 radical (unpaired) electrons. The number of aryl methyl sites for hydroxylation is 1. The van der Waals surface area contributed by atoms with Crippen molar-refractivity contribution in [2.45, 2.75) is 25.9 Å². The van der Waals surface area contributed by atoms with Gasteiger partial charge in [-0.15, -0.1) is 0 Å². The number of fused-ring (bicyclic) bond motifs is 1. The highest BCUT2D eigenvalue weighted by Gasteiger charge is 2.32. The molecule has 6 nitrogen and oxygen atoms in total. The molecule has 0 saturated carbocycles. The minimum Gasteiger partial charge on any atom is -0.388 e. The number of anilines is 1. The van der Waals surface area contributed by atoms with E-state index in [1.807, 2.05) is 19.9 Å². The summed E-state index contributed by atoms with van der Waals surface area (Å²) in [5, 5.41) is 14.2.